The molecule has 0 saturated carbocycles. The lowest BCUT2D eigenvalue weighted by atomic mass is 9.75. The van der Waals surface area contributed by atoms with Gasteiger partial charge < -0.3 is 9.31 Å². The van der Waals surface area contributed by atoms with E-state index in [-0.39, 0.29) is 11.2 Å². The number of halogens is 2. The van der Waals surface area contributed by atoms with E-state index >= 15 is 0 Å². The predicted molar refractivity (Wildman–Crippen MR) is 67.2 cm³/mol. The molecule has 2 rings (SSSR count). The molecule has 0 amide bonds. The monoisotopic (exact) mass is 256 g/mol. The van der Waals surface area contributed by atoms with Crippen LogP contribution in [-0.4, -0.2) is 20.3 Å². The van der Waals surface area contributed by atoms with Gasteiger partial charge in [0.15, 0.2) is 0 Å². The molecule has 0 unspecified atom stereocenters. The van der Waals surface area contributed by atoms with E-state index in [9.17, 15) is 4.39 Å². The van der Waals surface area contributed by atoms with Crippen LogP contribution >= 0.6 is 11.6 Å². The Kier molecular flexibility index (Phi) is 3.48. The van der Waals surface area contributed by atoms with Crippen LogP contribution in [0.15, 0.2) is 12.1 Å². The largest absolute Gasteiger partial charge is 0.496 e. The SMILES string of the molecule is Cc1cc(F)c(B2OCC(C)(C)CO2)cc1Cl. The Bertz CT molecular complexity index is 427. The maximum absolute atomic E-state index is 13.8. The zero-order valence-corrected chi connectivity index (χ0v) is 11.0. The summed E-state index contributed by atoms with van der Waals surface area (Å²) in [5, 5.41) is 0.526. The summed E-state index contributed by atoms with van der Waals surface area (Å²) in [4.78, 5) is 0. The molecule has 5 heteroatoms. The summed E-state index contributed by atoms with van der Waals surface area (Å²) in [6.07, 6.45) is 0. The molecule has 0 radical (unpaired) electrons. The van der Waals surface area contributed by atoms with Gasteiger partial charge in [0.2, 0.25) is 0 Å². The second kappa shape index (κ2) is 4.60. The fourth-order valence-electron chi connectivity index (χ4n) is 1.71. The third kappa shape index (κ3) is 2.82. The first-order valence-electron chi connectivity index (χ1n) is 5.58. The number of benzene rings is 1. The highest BCUT2D eigenvalue weighted by molar-refractivity contribution is 6.61. The Morgan fingerprint density at radius 3 is 2.47 bits per heavy atom. The maximum Gasteiger partial charge on any atom is 0.496 e. The van der Waals surface area contributed by atoms with Gasteiger partial charge >= 0.3 is 7.12 Å². The minimum absolute atomic E-state index is 0.0263. The fraction of sp³-hybridized carbons (Fsp3) is 0.500. The fourth-order valence-corrected chi connectivity index (χ4v) is 1.89. The molecule has 0 aromatic heterocycles. The van der Waals surface area contributed by atoms with Gasteiger partial charge in [-0.3, -0.25) is 0 Å². The molecule has 1 aliphatic rings. The van der Waals surface area contributed by atoms with Crippen molar-refractivity contribution in [1.82, 2.24) is 0 Å². The lowest BCUT2D eigenvalue weighted by Gasteiger charge is -2.33. The summed E-state index contributed by atoms with van der Waals surface area (Å²) >= 11 is 5.98. The van der Waals surface area contributed by atoms with Crippen molar-refractivity contribution in [2.45, 2.75) is 20.8 Å². The van der Waals surface area contributed by atoms with Gasteiger partial charge in [-0.05, 0) is 24.6 Å². The molecule has 0 atom stereocenters. The van der Waals surface area contributed by atoms with Crippen LogP contribution < -0.4 is 5.46 Å². The molecule has 0 aliphatic carbocycles. The Labute approximate surface area is 106 Å². The Morgan fingerprint density at radius 2 is 1.88 bits per heavy atom. The van der Waals surface area contributed by atoms with Crippen molar-refractivity contribution in [3.63, 3.8) is 0 Å². The van der Waals surface area contributed by atoms with Crippen LogP contribution in [-0.2, 0) is 9.31 Å². The molecule has 1 aliphatic heterocycles. The molecule has 1 heterocycles. The third-order valence-electron chi connectivity index (χ3n) is 2.78. The highest BCUT2D eigenvalue weighted by atomic mass is 35.5. The minimum atomic E-state index is -0.652. The van der Waals surface area contributed by atoms with Crippen LogP contribution in [0.4, 0.5) is 4.39 Å². The predicted octanol–water partition coefficient (Wildman–Crippen LogP) is 2.56. The van der Waals surface area contributed by atoms with Crippen molar-refractivity contribution in [2.24, 2.45) is 5.41 Å². The van der Waals surface area contributed by atoms with Crippen molar-refractivity contribution in [3.05, 3.63) is 28.5 Å². The van der Waals surface area contributed by atoms with Crippen molar-refractivity contribution in [1.29, 1.82) is 0 Å². The standard InChI is InChI=1S/C12H15BClFO2/c1-8-4-11(15)9(5-10(8)14)13-16-6-12(2,3)7-17-13/h4-5H,6-7H2,1-3H3. The zero-order chi connectivity index (χ0) is 12.6. The molecule has 1 aromatic rings. The second-order valence-corrected chi connectivity index (χ2v) is 5.65. The van der Waals surface area contributed by atoms with Crippen molar-refractivity contribution in [2.75, 3.05) is 13.2 Å². The van der Waals surface area contributed by atoms with Crippen LogP contribution in [0.5, 0.6) is 0 Å². The van der Waals surface area contributed by atoms with E-state index in [4.69, 9.17) is 20.9 Å². The molecule has 1 saturated heterocycles. The molecule has 0 spiro atoms. The maximum atomic E-state index is 13.8. The van der Waals surface area contributed by atoms with E-state index in [2.05, 4.69) is 0 Å². The Hall–Kier alpha value is -0.575. The first-order chi connectivity index (χ1) is 7.89. The van der Waals surface area contributed by atoms with Gasteiger partial charge in [0.1, 0.15) is 5.82 Å². The quantitative estimate of drug-likeness (QED) is 0.719. The molecule has 1 aromatic carbocycles. The molecule has 17 heavy (non-hydrogen) atoms. The van der Waals surface area contributed by atoms with Gasteiger partial charge in [-0.15, -0.1) is 0 Å². The topological polar surface area (TPSA) is 18.5 Å². The number of aryl methyl sites for hydroxylation is 1. The summed E-state index contributed by atoms with van der Waals surface area (Å²) in [5.74, 6) is -0.336. The van der Waals surface area contributed by atoms with Gasteiger partial charge in [-0.25, -0.2) is 4.39 Å². The van der Waals surface area contributed by atoms with E-state index in [0.717, 1.165) is 0 Å². The van der Waals surface area contributed by atoms with Gasteiger partial charge in [-0.2, -0.15) is 0 Å². The first-order valence-corrected chi connectivity index (χ1v) is 5.96. The highest BCUT2D eigenvalue weighted by Gasteiger charge is 2.35. The summed E-state index contributed by atoms with van der Waals surface area (Å²) < 4.78 is 24.9. The van der Waals surface area contributed by atoms with E-state index < -0.39 is 7.12 Å². The summed E-state index contributed by atoms with van der Waals surface area (Å²) in [5.41, 5.74) is 1.06. The van der Waals surface area contributed by atoms with Gasteiger partial charge in [0.25, 0.3) is 0 Å². The summed E-state index contributed by atoms with van der Waals surface area (Å²) in [7, 11) is -0.652. The normalized spacial score (nSPS) is 19.5. The minimum Gasteiger partial charge on any atom is -0.407 e. The van der Waals surface area contributed by atoms with E-state index in [1.807, 2.05) is 13.8 Å². The zero-order valence-electron chi connectivity index (χ0n) is 10.2. The summed E-state index contributed by atoms with van der Waals surface area (Å²) in [6.45, 7) is 6.94. The second-order valence-electron chi connectivity index (χ2n) is 5.24. The van der Waals surface area contributed by atoms with Crippen molar-refractivity contribution < 1.29 is 13.7 Å². The van der Waals surface area contributed by atoms with Gasteiger partial charge in [0.05, 0.1) is 0 Å². The molecule has 0 N–H and O–H groups in total. The average Bonchev–Trinajstić information content (AvgIpc) is 2.24. The van der Waals surface area contributed by atoms with E-state index in [0.29, 0.717) is 29.3 Å². The third-order valence-corrected chi connectivity index (χ3v) is 3.19. The van der Waals surface area contributed by atoms with Gasteiger partial charge in [-0.1, -0.05) is 25.4 Å². The van der Waals surface area contributed by atoms with Gasteiger partial charge in [0, 0.05) is 29.1 Å². The molecule has 92 valence electrons. The number of rotatable bonds is 1. The van der Waals surface area contributed by atoms with Crippen LogP contribution in [0.25, 0.3) is 0 Å². The first kappa shape index (κ1) is 12.9. The van der Waals surface area contributed by atoms with Crippen LogP contribution in [0.1, 0.15) is 19.4 Å². The lowest BCUT2D eigenvalue weighted by Crippen LogP contribution is -2.48. The smallest absolute Gasteiger partial charge is 0.407 e. The molecule has 0 bridgehead atoms. The van der Waals surface area contributed by atoms with Crippen LogP contribution in [0.3, 0.4) is 0 Å². The number of hydrogen-bond acceptors (Lipinski definition) is 2. The van der Waals surface area contributed by atoms with Crippen LogP contribution in [0.2, 0.25) is 5.02 Å². The lowest BCUT2D eigenvalue weighted by molar-refractivity contribution is 0.0340. The molecular formula is C12H15BClFO2. The van der Waals surface area contributed by atoms with Crippen molar-refractivity contribution >= 4 is 24.2 Å². The molecular weight excluding hydrogens is 241 g/mol. The molecule has 1 fully saturated rings. The van der Waals surface area contributed by atoms with Crippen LogP contribution in [0, 0.1) is 18.2 Å². The molecule has 2 nitrogen and oxygen atoms in total. The summed E-state index contributed by atoms with van der Waals surface area (Å²) in [6, 6.07) is 2.99. The average molecular weight is 257 g/mol. The Balaban J connectivity index is 2.21. The van der Waals surface area contributed by atoms with Crippen molar-refractivity contribution in [3.8, 4) is 0 Å². The van der Waals surface area contributed by atoms with E-state index in [1.165, 1.54) is 6.07 Å². The number of hydrogen-bond donors (Lipinski definition) is 0. The Morgan fingerprint density at radius 1 is 1.29 bits per heavy atom. The highest BCUT2D eigenvalue weighted by Crippen LogP contribution is 2.23. The van der Waals surface area contributed by atoms with E-state index in [1.54, 1.807) is 13.0 Å².